The van der Waals surface area contributed by atoms with Crippen molar-refractivity contribution < 1.29 is 80.6 Å². The minimum absolute atomic E-state index is 0. The zero-order chi connectivity index (χ0) is 2.00. The smallest absolute Gasteiger partial charge is 1.00 e. The zero-order valence-electron chi connectivity index (χ0n) is 2.47. The topological polar surface area (TPSA) is 46.2 Å². The van der Waals surface area contributed by atoms with Crippen molar-refractivity contribution in [3.05, 3.63) is 0 Å². The van der Waals surface area contributed by atoms with Gasteiger partial charge in [0.1, 0.15) is 0 Å². The van der Waals surface area contributed by atoms with Gasteiger partial charge in [-0.05, 0) is 0 Å². The second-order valence-corrected chi connectivity index (χ2v) is 0. The van der Waals surface area contributed by atoms with Gasteiger partial charge in [-0.25, -0.2) is 5.90 Å². The van der Waals surface area contributed by atoms with Crippen LogP contribution in [0.1, 0.15) is 0 Å². The Balaban J connectivity index is -0.000000000833. The van der Waals surface area contributed by atoms with Crippen LogP contribution >= 0.6 is 0 Å². The Hall–Kier alpha value is 2.06. The van der Waals surface area contributed by atoms with Gasteiger partial charge in [0.05, 0.1) is 0 Å². The molecule has 0 aromatic carbocycles. The first-order valence-electron chi connectivity index (χ1n) is 0.258. The van der Waals surface area contributed by atoms with Crippen molar-refractivity contribution in [2.24, 2.45) is 5.90 Å². The van der Waals surface area contributed by atoms with Crippen LogP contribution in [0.15, 0.2) is 0 Å². The molecule has 0 aliphatic rings. The van der Waals surface area contributed by atoms with E-state index < -0.39 is 0 Å². The Morgan fingerprint density at radius 2 is 0.833 bits per heavy atom. The summed E-state index contributed by atoms with van der Waals surface area (Å²) in [5.74, 6) is 3.50. The Morgan fingerprint density at radius 1 is 0.833 bits per heavy atom. The molecule has 0 atom stereocenters. The van der Waals surface area contributed by atoms with Gasteiger partial charge in [0.15, 0.2) is 0 Å². The summed E-state index contributed by atoms with van der Waals surface area (Å²) in [5, 5.41) is 6.50. The molecule has 0 saturated heterocycles. The van der Waals surface area contributed by atoms with E-state index in [4.69, 9.17) is 5.21 Å². The molecule has 3 N–H and O–H groups in total. The summed E-state index contributed by atoms with van der Waals surface area (Å²) in [6, 6.07) is 0. The monoisotopic (exact) mass is 302 g/mol. The van der Waals surface area contributed by atoms with E-state index in [0.29, 0.717) is 0 Å². The molecule has 0 heterocycles. The first-order valence-corrected chi connectivity index (χ1v) is 0.258. The van der Waals surface area contributed by atoms with Crippen LogP contribution in [-0.4, -0.2) is 5.21 Å². The van der Waals surface area contributed by atoms with Crippen molar-refractivity contribution in [2.75, 3.05) is 0 Å². The van der Waals surface area contributed by atoms with Gasteiger partial charge in [0.25, 0.3) is 0 Å². The van der Waals surface area contributed by atoms with E-state index in [1.165, 1.54) is 0 Å². The summed E-state index contributed by atoms with van der Waals surface area (Å²) in [6.07, 6.45) is 0. The van der Waals surface area contributed by atoms with Gasteiger partial charge in [0, 0.05) is 0 Å². The van der Waals surface area contributed by atoms with Crippen molar-refractivity contribution in [3.8, 4) is 0 Å². The summed E-state index contributed by atoms with van der Waals surface area (Å²) in [7, 11) is 0. The first kappa shape index (κ1) is 42.9. The van der Waals surface area contributed by atoms with Gasteiger partial charge in [-0.3, -0.25) is 0 Å². The third-order valence-electron chi connectivity index (χ3n) is 0. The number of rotatable bonds is 0. The quantitative estimate of drug-likeness (QED) is 0.437. The standard InChI is InChI=1S/3ClH.Dy.H3NO/c;;;;1-2/h3*1H;;2H,1H2/q;;;+3;/p-3. The fourth-order valence-corrected chi connectivity index (χ4v) is 0. The van der Waals surface area contributed by atoms with Crippen LogP contribution in [0.3, 0.4) is 0 Å². The number of hydrogen-bond donors (Lipinski definition) is 2. The molecular weight excluding hydrogens is 299 g/mol. The predicted molar refractivity (Wildman–Crippen MR) is 5.97 cm³/mol. The van der Waals surface area contributed by atoms with Crippen LogP contribution in [0.4, 0.5) is 0 Å². The molecule has 0 rings (SSSR count). The summed E-state index contributed by atoms with van der Waals surface area (Å²) >= 11 is 0. The largest absolute Gasteiger partial charge is 3.00 e. The molecule has 45 valence electrons. The summed E-state index contributed by atoms with van der Waals surface area (Å²) < 4.78 is 0. The van der Waals surface area contributed by atoms with Crippen molar-refractivity contribution in [2.45, 2.75) is 0 Å². The van der Waals surface area contributed by atoms with Crippen molar-refractivity contribution >= 4 is 0 Å². The SMILES string of the molecule is NO.[Cl-].[Cl-].[Cl-].[Dy+3]. The predicted octanol–water partition coefficient (Wildman–Crippen LogP) is -9.65. The second kappa shape index (κ2) is 61.0. The molecule has 0 aromatic rings. The summed E-state index contributed by atoms with van der Waals surface area (Å²) in [4.78, 5) is 0. The van der Waals surface area contributed by atoms with E-state index in [1.54, 1.807) is 0 Å². The van der Waals surface area contributed by atoms with Crippen molar-refractivity contribution in [1.29, 1.82) is 0 Å². The van der Waals surface area contributed by atoms with Gasteiger partial charge in [-0.2, -0.15) is 0 Å². The van der Waals surface area contributed by atoms with Gasteiger partial charge in [0.2, 0.25) is 0 Å². The molecule has 6 heavy (non-hydrogen) atoms. The number of hydrogen-bond acceptors (Lipinski definition) is 2. The van der Waals surface area contributed by atoms with Crippen molar-refractivity contribution in [3.63, 3.8) is 0 Å². The van der Waals surface area contributed by atoms with Crippen molar-refractivity contribution in [1.82, 2.24) is 0 Å². The zero-order valence-corrected chi connectivity index (χ0v) is 6.77. The number of halogens is 3. The third-order valence-corrected chi connectivity index (χ3v) is 0. The van der Waals surface area contributed by atoms with Crippen LogP contribution in [0.25, 0.3) is 0 Å². The third kappa shape index (κ3) is 36.5. The van der Waals surface area contributed by atoms with Gasteiger partial charge >= 0.3 is 38.2 Å². The van der Waals surface area contributed by atoms with Gasteiger partial charge in [-0.15, -0.1) is 0 Å². The van der Waals surface area contributed by atoms with E-state index in [9.17, 15) is 0 Å². The Morgan fingerprint density at radius 3 is 0.833 bits per heavy atom. The maximum atomic E-state index is 6.50. The molecule has 0 bridgehead atoms. The maximum Gasteiger partial charge on any atom is 3.00 e. The molecule has 0 fully saturated rings. The molecule has 0 aromatic heterocycles. The Bertz CT molecular complexity index is 10.8. The van der Waals surface area contributed by atoms with E-state index in [2.05, 4.69) is 5.90 Å². The van der Waals surface area contributed by atoms with Crippen LogP contribution < -0.4 is 43.1 Å². The van der Waals surface area contributed by atoms with Gasteiger partial charge in [-0.1, -0.05) is 0 Å². The molecular formula is H3Cl3DyNO. The summed E-state index contributed by atoms with van der Waals surface area (Å²) in [5.41, 5.74) is 0. The Labute approximate surface area is 85.4 Å². The summed E-state index contributed by atoms with van der Waals surface area (Å²) in [6.45, 7) is 0. The maximum absolute atomic E-state index is 6.50. The average Bonchev–Trinajstić information content (AvgIpc) is 1.00. The molecule has 0 aliphatic carbocycles. The van der Waals surface area contributed by atoms with Crippen LogP contribution in [0.2, 0.25) is 0 Å². The molecule has 0 aliphatic heterocycles. The van der Waals surface area contributed by atoms with Gasteiger partial charge < -0.3 is 42.4 Å². The first-order chi connectivity index (χ1) is 1.00. The Kier molecular flexibility index (Phi) is 436. The fraction of sp³-hybridized carbons (Fsp3) is 0. The molecule has 0 unspecified atom stereocenters. The van der Waals surface area contributed by atoms with E-state index in [-0.39, 0.29) is 75.4 Å². The van der Waals surface area contributed by atoms with E-state index >= 15 is 0 Å². The average molecular weight is 302 g/mol. The van der Waals surface area contributed by atoms with E-state index in [0.717, 1.165) is 0 Å². The van der Waals surface area contributed by atoms with Crippen LogP contribution in [0.5, 0.6) is 0 Å². The minimum atomic E-state index is 0. The molecule has 0 spiro atoms. The molecule has 6 heteroatoms. The van der Waals surface area contributed by atoms with Crippen LogP contribution in [-0.2, 0) is 0 Å². The number of nitrogens with two attached hydrogens (primary N) is 1. The molecule has 2 nitrogen and oxygen atoms in total. The molecule has 0 saturated carbocycles. The second-order valence-electron chi connectivity index (χ2n) is 0. The van der Waals surface area contributed by atoms with E-state index in [1.807, 2.05) is 0 Å². The molecule has 1 radical (unpaired) electrons. The normalized spacial score (nSPS) is 1.00. The van der Waals surface area contributed by atoms with Crippen LogP contribution in [0, 0.1) is 38.2 Å². The fourth-order valence-electron chi connectivity index (χ4n) is 0. The molecule has 0 amide bonds. The minimum Gasteiger partial charge on any atom is -1.00 e.